The molecular formula is C18H24N2O3. The Morgan fingerprint density at radius 3 is 2.61 bits per heavy atom. The second-order valence-electron chi connectivity index (χ2n) is 6.28. The molecule has 1 aromatic rings. The van der Waals surface area contributed by atoms with Gasteiger partial charge in [0.25, 0.3) is 0 Å². The highest BCUT2D eigenvalue weighted by Gasteiger charge is 2.40. The molecule has 5 heteroatoms. The molecule has 2 fully saturated rings. The SMILES string of the molecule is CCc1ccccc1OC1CN(C(=O)C2CC(=O)N(CC)C2)C1. The molecule has 2 heterocycles. The molecular weight excluding hydrogens is 292 g/mol. The summed E-state index contributed by atoms with van der Waals surface area (Å²) in [5.74, 6) is 0.931. The molecule has 3 rings (SSSR count). The fourth-order valence-corrected chi connectivity index (χ4v) is 3.28. The van der Waals surface area contributed by atoms with Gasteiger partial charge in [0, 0.05) is 19.5 Å². The maximum atomic E-state index is 12.4. The van der Waals surface area contributed by atoms with E-state index in [0.717, 1.165) is 12.2 Å². The van der Waals surface area contributed by atoms with Crippen LogP contribution in [0, 0.1) is 5.92 Å². The summed E-state index contributed by atoms with van der Waals surface area (Å²) in [5, 5.41) is 0. The molecule has 124 valence electrons. The van der Waals surface area contributed by atoms with Gasteiger partial charge in [-0.15, -0.1) is 0 Å². The summed E-state index contributed by atoms with van der Waals surface area (Å²) in [4.78, 5) is 27.8. The Labute approximate surface area is 137 Å². The fraction of sp³-hybridized carbons (Fsp3) is 0.556. The number of amides is 2. The van der Waals surface area contributed by atoms with Gasteiger partial charge in [0.15, 0.2) is 0 Å². The Balaban J connectivity index is 1.51. The lowest BCUT2D eigenvalue weighted by atomic mass is 10.0. The molecule has 23 heavy (non-hydrogen) atoms. The second-order valence-corrected chi connectivity index (χ2v) is 6.28. The van der Waals surface area contributed by atoms with Gasteiger partial charge in [0.05, 0.1) is 19.0 Å². The van der Waals surface area contributed by atoms with Gasteiger partial charge in [-0.1, -0.05) is 25.1 Å². The van der Waals surface area contributed by atoms with Crippen molar-refractivity contribution in [2.75, 3.05) is 26.2 Å². The number of hydrogen-bond donors (Lipinski definition) is 0. The van der Waals surface area contributed by atoms with E-state index in [-0.39, 0.29) is 23.8 Å². The summed E-state index contributed by atoms with van der Waals surface area (Å²) < 4.78 is 6.01. The minimum Gasteiger partial charge on any atom is -0.486 e. The largest absolute Gasteiger partial charge is 0.486 e. The van der Waals surface area contributed by atoms with Crippen molar-refractivity contribution < 1.29 is 14.3 Å². The predicted molar refractivity (Wildman–Crippen MR) is 87.2 cm³/mol. The Kier molecular flexibility index (Phi) is 4.55. The lowest BCUT2D eigenvalue weighted by molar-refractivity contribution is -0.144. The summed E-state index contributed by atoms with van der Waals surface area (Å²) in [6.07, 6.45) is 1.35. The number of rotatable bonds is 5. The van der Waals surface area contributed by atoms with Gasteiger partial charge >= 0.3 is 0 Å². The first-order chi connectivity index (χ1) is 11.1. The van der Waals surface area contributed by atoms with Gasteiger partial charge in [-0.2, -0.15) is 0 Å². The molecule has 0 radical (unpaired) electrons. The number of likely N-dealkylation sites (tertiary alicyclic amines) is 2. The third-order valence-electron chi connectivity index (χ3n) is 4.75. The standard InChI is InChI=1S/C18H24N2O3/c1-3-13-7-5-6-8-16(13)23-15-11-20(12-15)18(22)14-9-17(21)19(4-2)10-14/h5-8,14-15H,3-4,9-12H2,1-2H3. The average molecular weight is 316 g/mol. The van der Waals surface area contributed by atoms with Crippen LogP contribution >= 0.6 is 0 Å². The van der Waals surface area contributed by atoms with E-state index >= 15 is 0 Å². The van der Waals surface area contributed by atoms with Crippen LogP contribution < -0.4 is 4.74 Å². The number of para-hydroxylation sites is 1. The summed E-state index contributed by atoms with van der Waals surface area (Å²) in [7, 11) is 0. The molecule has 0 saturated carbocycles. The van der Waals surface area contributed by atoms with Crippen molar-refractivity contribution in [3.8, 4) is 5.75 Å². The van der Waals surface area contributed by atoms with E-state index in [1.165, 1.54) is 5.56 Å². The molecule has 2 amide bonds. The second kappa shape index (κ2) is 6.60. The van der Waals surface area contributed by atoms with Gasteiger partial charge in [-0.05, 0) is 25.0 Å². The zero-order chi connectivity index (χ0) is 16.4. The molecule has 5 nitrogen and oxygen atoms in total. The van der Waals surface area contributed by atoms with Crippen molar-refractivity contribution >= 4 is 11.8 Å². The maximum Gasteiger partial charge on any atom is 0.228 e. The number of benzene rings is 1. The average Bonchev–Trinajstić information content (AvgIpc) is 2.91. The van der Waals surface area contributed by atoms with Crippen LogP contribution in [0.15, 0.2) is 24.3 Å². The van der Waals surface area contributed by atoms with Crippen molar-refractivity contribution in [2.24, 2.45) is 5.92 Å². The van der Waals surface area contributed by atoms with E-state index in [0.29, 0.717) is 32.6 Å². The number of aryl methyl sites for hydroxylation is 1. The lowest BCUT2D eigenvalue weighted by Gasteiger charge is -2.40. The summed E-state index contributed by atoms with van der Waals surface area (Å²) in [6.45, 7) is 6.54. The maximum absolute atomic E-state index is 12.4. The van der Waals surface area contributed by atoms with Crippen LogP contribution in [-0.2, 0) is 16.0 Å². The van der Waals surface area contributed by atoms with Crippen LogP contribution in [0.4, 0.5) is 0 Å². The highest BCUT2D eigenvalue weighted by atomic mass is 16.5. The monoisotopic (exact) mass is 316 g/mol. The number of hydrogen-bond acceptors (Lipinski definition) is 3. The van der Waals surface area contributed by atoms with E-state index in [9.17, 15) is 9.59 Å². The predicted octanol–water partition coefficient (Wildman–Crippen LogP) is 1.71. The van der Waals surface area contributed by atoms with Crippen molar-refractivity contribution in [2.45, 2.75) is 32.8 Å². The number of carbonyl (C=O) groups is 2. The van der Waals surface area contributed by atoms with Gasteiger partial charge in [-0.25, -0.2) is 0 Å². The first-order valence-electron chi connectivity index (χ1n) is 8.43. The van der Waals surface area contributed by atoms with Gasteiger partial charge in [0.2, 0.25) is 11.8 Å². The highest BCUT2D eigenvalue weighted by Crippen LogP contribution is 2.26. The van der Waals surface area contributed by atoms with Crippen molar-refractivity contribution in [3.63, 3.8) is 0 Å². The molecule has 2 aliphatic heterocycles. The summed E-state index contributed by atoms with van der Waals surface area (Å²) >= 11 is 0. The Morgan fingerprint density at radius 2 is 1.96 bits per heavy atom. The smallest absolute Gasteiger partial charge is 0.228 e. The molecule has 1 atom stereocenters. The van der Waals surface area contributed by atoms with E-state index in [4.69, 9.17) is 4.74 Å². The quantitative estimate of drug-likeness (QED) is 0.831. The van der Waals surface area contributed by atoms with E-state index in [1.54, 1.807) is 4.90 Å². The molecule has 2 aliphatic rings. The number of nitrogens with zero attached hydrogens (tertiary/aromatic N) is 2. The molecule has 0 aliphatic carbocycles. The Hall–Kier alpha value is -2.04. The normalized spacial score (nSPS) is 21.5. The van der Waals surface area contributed by atoms with Crippen molar-refractivity contribution in [3.05, 3.63) is 29.8 Å². The van der Waals surface area contributed by atoms with Crippen LogP contribution in [0.25, 0.3) is 0 Å². The third-order valence-corrected chi connectivity index (χ3v) is 4.75. The summed E-state index contributed by atoms with van der Waals surface area (Å²) in [5.41, 5.74) is 1.19. The molecule has 1 unspecified atom stereocenters. The van der Waals surface area contributed by atoms with Crippen LogP contribution in [0.5, 0.6) is 5.75 Å². The number of ether oxygens (including phenoxy) is 1. The third kappa shape index (κ3) is 3.19. The van der Waals surface area contributed by atoms with Crippen LogP contribution in [0.1, 0.15) is 25.8 Å². The Morgan fingerprint density at radius 1 is 1.22 bits per heavy atom. The van der Waals surface area contributed by atoms with Gasteiger partial charge in [0.1, 0.15) is 11.9 Å². The molecule has 2 saturated heterocycles. The number of carbonyl (C=O) groups excluding carboxylic acids is 2. The van der Waals surface area contributed by atoms with E-state index in [1.807, 2.05) is 30.0 Å². The minimum atomic E-state index is -0.175. The Bertz CT molecular complexity index is 596. The zero-order valence-corrected chi connectivity index (χ0v) is 13.8. The van der Waals surface area contributed by atoms with Crippen LogP contribution in [-0.4, -0.2) is 53.9 Å². The molecule has 1 aromatic carbocycles. The van der Waals surface area contributed by atoms with Gasteiger partial charge < -0.3 is 14.5 Å². The molecule has 0 bridgehead atoms. The molecule has 0 aromatic heterocycles. The van der Waals surface area contributed by atoms with Crippen molar-refractivity contribution in [1.82, 2.24) is 9.80 Å². The highest BCUT2D eigenvalue weighted by molar-refractivity contribution is 5.89. The minimum absolute atomic E-state index is 0.0611. The first kappa shape index (κ1) is 15.8. The van der Waals surface area contributed by atoms with Crippen molar-refractivity contribution in [1.29, 1.82) is 0 Å². The zero-order valence-electron chi connectivity index (χ0n) is 13.8. The van der Waals surface area contributed by atoms with E-state index < -0.39 is 0 Å². The lowest BCUT2D eigenvalue weighted by Crippen LogP contribution is -2.57. The van der Waals surface area contributed by atoms with Gasteiger partial charge in [-0.3, -0.25) is 9.59 Å². The fourth-order valence-electron chi connectivity index (χ4n) is 3.28. The first-order valence-corrected chi connectivity index (χ1v) is 8.43. The van der Waals surface area contributed by atoms with Crippen LogP contribution in [0.3, 0.4) is 0 Å². The summed E-state index contributed by atoms with van der Waals surface area (Å²) in [6, 6.07) is 8.04. The van der Waals surface area contributed by atoms with E-state index in [2.05, 4.69) is 13.0 Å². The molecule has 0 N–H and O–H groups in total. The topological polar surface area (TPSA) is 49.9 Å². The van der Waals surface area contributed by atoms with Crippen LogP contribution in [0.2, 0.25) is 0 Å². The molecule has 0 spiro atoms.